The molecule has 6 heteroatoms. The predicted octanol–water partition coefficient (Wildman–Crippen LogP) is 4.27. The average molecular weight is 350 g/mol. The third-order valence-corrected chi connectivity index (χ3v) is 4.45. The predicted molar refractivity (Wildman–Crippen MR) is 89.7 cm³/mol. The molecule has 4 nitrogen and oxygen atoms in total. The highest BCUT2D eigenvalue weighted by Gasteiger charge is 2.37. The zero-order valence-electron chi connectivity index (χ0n) is 12.9. The number of carbonyl (C=O) groups excluding carboxylic acids is 1. The minimum Gasteiger partial charge on any atom is -0.506 e. The van der Waals surface area contributed by atoms with Crippen LogP contribution in [0.4, 0.5) is 4.39 Å². The van der Waals surface area contributed by atoms with E-state index in [1.54, 1.807) is 6.07 Å². The van der Waals surface area contributed by atoms with Crippen molar-refractivity contribution in [3.05, 3.63) is 53.1 Å². The van der Waals surface area contributed by atoms with Crippen molar-refractivity contribution in [1.29, 1.82) is 0 Å². The second-order valence-corrected chi connectivity index (χ2v) is 6.35. The maximum Gasteiger partial charge on any atom is 0.278 e. The van der Waals surface area contributed by atoms with Crippen LogP contribution < -0.4 is 5.48 Å². The number of phenols is 1. The number of hydrogen-bond acceptors (Lipinski definition) is 3. The number of benzene rings is 2. The Balaban J connectivity index is 1.76. The number of carbonyl (C=O) groups is 1. The van der Waals surface area contributed by atoms with Gasteiger partial charge in [-0.1, -0.05) is 41.9 Å². The number of nitrogens with one attached hydrogen (secondary N) is 1. The summed E-state index contributed by atoms with van der Waals surface area (Å²) in [5.74, 6) is -1.01. The lowest BCUT2D eigenvalue weighted by atomic mass is 9.83. The van der Waals surface area contributed by atoms with E-state index in [0.29, 0.717) is 18.4 Å². The molecule has 1 fully saturated rings. The molecule has 0 radical (unpaired) electrons. The number of aromatic hydroxyl groups is 1. The highest BCUT2D eigenvalue weighted by Crippen LogP contribution is 2.36. The van der Waals surface area contributed by atoms with Gasteiger partial charge in [-0.2, -0.15) is 0 Å². The van der Waals surface area contributed by atoms with Crippen molar-refractivity contribution in [1.82, 2.24) is 5.48 Å². The van der Waals surface area contributed by atoms with Gasteiger partial charge in [0.05, 0.1) is 10.6 Å². The van der Waals surface area contributed by atoms with E-state index in [1.807, 2.05) is 30.3 Å². The molecule has 0 atom stereocenters. The lowest BCUT2D eigenvalue weighted by Crippen LogP contribution is -2.40. The monoisotopic (exact) mass is 349 g/mol. The van der Waals surface area contributed by atoms with Gasteiger partial charge in [0.2, 0.25) is 0 Å². The van der Waals surface area contributed by atoms with E-state index in [9.17, 15) is 14.3 Å². The first-order valence-corrected chi connectivity index (χ1v) is 8.05. The molecule has 3 rings (SSSR count). The van der Waals surface area contributed by atoms with Crippen molar-refractivity contribution >= 4 is 17.5 Å². The lowest BCUT2D eigenvalue weighted by molar-refractivity contribution is -0.0630. The van der Waals surface area contributed by atoms with Crippen LogP contribution in [0.5, 0.6) is 5.75 Å². The Labute approximate surface area is 144 Å². The molecule has 0 aliphatic heterocycles. The summed E-state index contributed by atoms with van der Waals surface area (Å²) in [4.78, 5) is 17.2. The van der Waals surface area contributed by atoms with E-state index in [2.05, 4.69) is 5.48 Å². The Bertz CT molecular complexity index is 747. The van der Waals surface area contributed by atoms with Crippen LogP contribution in [0, 0.1) is 0 Å². The normalized spacial score (nSPS) is 15.6. The molecular weight excluding hydrogens is 333 g/mol. The number of phenolic OH excluding ortho intramolecular Hbond substituents is 1. The van der Waals surface area contributed by atoms with Crippen LogP contribution in [-0.4, -0.2) is 23.3 Å². The first-order chi connectivity index (χ1) is 11.5. The lowest BCUT2D eigenvalue weighted by Gasteiger charge is -2.32. The largest absolute Gasteiger partial charge is 0.506 e. The molecule has 0 unspecified atom stereocenters. The summed E-state index contributed by atoms with van der Waals surface area (Å²) < 4.78 is 13.8. The third-order valence-electron chi connectivity index (χ3n) is 4.16. The molecular formula is C18H17ClFNO3. The summed E-state index contributed by atoms with van der Waals surface area (Å²) in [5, 5.41) is 10.1. The minimum atomic E-state index is -1.36. The van der Waals surface area contributed by atoms with Gasteiger partial charge in [-0.25, -0.2) is 9.87 Å². The summed E-state index contributed by atoms with van der Waals surface area (Å²) in [6.45, 7) is -0.203. The molecule has 126 valence electrons. The first kappa shape index (κ1) is 16.7. The van der Waals surface area contributed by atoms with Gasteiger partial charge < -0.3 is 5.11 Å². The van der Waals surface area contributed by atoms with E-state index >= 15 is 0 Å². The van der Waals surface area contributed by atoms with E-state index < -0.39 is 11.6 Å². The number of hydroxylamine groups is 1. The molecule has 1 amide bonds. The fraction of sp³-hybridized carbons (Fsp3) is 0.278. The Morgan fingerprint density at radius 1 is 1.25 bits per heavy atom. The molecule has 0 aromatic heterocycles. The molecule has 0 spiro atoms. The van der Waals surface area contributed by atoms with Gasteiger partial charge in [0.15, 0.2) is 0 Å². The topological polar surface area (TPSA) is 58.6 Å². The number of rotatable bonds is 5. The second-order valence-electron chi connectivity index (χ2n) is 5.94. The van der Waals surface area contributed by atoms with E-state index in [0.717, 1.165) is 12.0 Å². The third kappa shape index (κ3) is 3.52. The van der Waals surface area contributed by atoms with Crippen LogP contribution in [0.2, 0.25) is 5.02 Å². The van der Waals surface area contributed by atoms with Gasteiger partial charge in [-0.3, -0.25) is 9.63 Å². The van der Waals surface area contributed by atoms with Gasteiger partial charge in [-0.15, -0.1) is 0 Å². The van der Waals surface area contributed by atoms with Gasteiger partial charge in [-0.05, 0) is 42.5 Å². The minimum absolute atomic E-state index is 0.0251. The molecule has 2 N–H and O–H groups in total. The molecule has 24 heavy (non-hydrogen) atoms. The van der Waals surface area contributed by atoms with Crippen molar-refractivity contribution in [3.63, 3.8) is 0 Å². The highest BCUT2D eigenvalue weighted by molar-refractivity contribution is 6.33. The molecule has 2 aromatic carbocycles. The number of halogens is 2. The van der Waals surface area contributed by atoms with Gasteiger partial charge >= 0.3 is 0 Å². The first-order valence-electron chi connectivity index (χ1n) is 7.67. The molecule has 0 bridgehead atoms. The second kappa shape index (κ2) is 6.79. The van der Waals surface area contributed by atoms with Crippen LogP contribution in [0.15, 0.2) is 42.5 Å². The number of amides is 1. The zero-order valence-corrected chi connectivity index (χ0v) is 13.6. The molecule has 1 aliphatic rings. The molecule has 1 saturated carbocycles. The van der Waals surface area contributed by atoms with Crippen LogP contribution >= 0.6 is 11.6 Å². The van der Waals surface area contributed by atoms with Gasteiger partial charge in [0.1, 0.15) is 18.0 Å². The Kier molecular flexibility index (Phi) is 4.73. The van der Waals surface area contributed by atoms with Gasteiger partial charge in [0, 0.05) is 0 Å². The standard InChI is InChI=1S/C18H17ClFNO3/c19-15-10-13(12-5-2-1-3-6-12)9-14(16(15)22)17(23)21-24-11-18(20)7-4-8-18/h1-3,5-6,9-10,22H,4,7-8,11H2,(H,21,23). The number of hydrogen-bond donors (Lipinski definition) is 2. The maximum absolute atomic E-state index is 13.8. The van der Waals surface area contributed by atoms with Crippen molar-refractivity contribution in [2.24, 2.45) is 0 Å². The van der Waals surface area contributed by atoms with Crippen LogP contribution in [0.25, 0.3) is 11.1 Å². The van der Waals surface area contributed by atoms with Crippen LogP contribution in [-0.2, 0) is 4.84 Å². The fourth-order valence-corrected chi connectivity index (χ4v) is 2.78. The van der Waals surface area contributed by atoms with E-state index in [1.165, 1.54) is 6.07 Å². The van der Waals surface area contributed by atoms with Crippen molar-refractivity contribution in [2.45, 2.75) is 24.9 Å². The molecule has 2 aromatic rings. The van der Waals surface area contributed by atoms with Crippen LogP contribution in [0.3, 0.4) is 0 Å². The maximum atomic E-state index is 13.8. The molecule has 0 saturated heterocycles. The van der Waals surface area contributed by atoms with Crippen molar-refractivity contribution in [3.8, 4) is 16.9 Å². The average Bonchev–Trinajstić information content (AvgIpc) is 2.56. The SMILES string of the molecule is O=C(NOCC1(F)CCC1)c1cc(-c2ccccc2)cc(Cl)c1O. The van der Waals surface area contributed by atoms with Gasteiger partial charge in [0.25, 0.3) is 5.91 Å². The highest BCUT2D eigenvalue weighted by atomic mass is 35.5. The van der Waals surface area contributed by atoms with Crippen molar-refractivity contribution in [2.75, 3.05) is 6.61 Å². The fourth-order valence-electron chi connectivity index (χ4n) is 2.56. The Morgan fingerprint density at radius 2 is 1.96 bits per heavy atom. The van der Waals surface area contributed by atoms with E-state index in [-0.39, 0.29) is 22.9 Å². The zero-order chi connectivity index (χ0) is 17.2. The van der Waals surface area contributed by atoms with Crippen molar-refractivity contribution < 1.29 is 19.1 Å². The quantitative estimate of drug-likeness (QED) is 0.793. The van der Waals surface area contributed by atoms with Crippen LogP contribution in [0.1, 0.15) is 29.6 Å². The Morgan fingerprint density at radius 3 is 2.58 bits per heavy atom. The van der Waals surface area contributed by atoms with E-state index in [4.69, 9.17) is 16.4 Å². The number of alkyl halides is 1. The summed E-state index contributed by atoms with van der Waals surface area (Å²) in [5.41, 5.74) is 2.32. The Hall–Kier alpha value is -2.11. The summed E-state index contributed by atoms with van der Waals surface area (Å²) in [7, 11) is 0. The molecule has 0 heterocycles. The smallest absolute Gasteiger partial charge is 0.278 e. The summed E-state index contributed by atoms with van der Waals surface area (Å²) in [6, 6.07) is 12.4. The molecule has 1 aliphatic carbocycles. The summed E-state index contributed by atoms with van der Waals surface area (Å²) in [6.07, 6.45) is 1.69. The summed E-state index contributed by atoms with van der Waals surface area (Å²) >= 11 is 6.02.